The predicted octanol–water partition coefficient (Wildman–Crippen LogP) is 0.840. The highest BCUT2D eigenvalue weighted by atomic mass is 16.5. The van der Waals surface area contributed by atoms with Crippen molar-refractivity contribution in [3.63, 3.8) is 0 Å². The fraction of sp³-hybridized carbons (Fsp3) is 0.455. The Bertz CT molecular complexity index is 341. The zero-order valence-electron chi connectivity index (χ0n) is 8.48. The lowest BCUT2D eigenvalue weighted by Crippen LogP contribution is -2.14. The summed E-state index contributed by atoms with van der Waals surface area (Å²) in [5.74, 6) is 1.47. The van der Waals surface area contributed by atoms with Crippen molar-refractivity contribution in [1.29, 1.82) is 0 Å². The Labute approximate surface area is 88.6 Å². The quantitative estimate of drug-likeness (QED) is 0.757. The van der Waals surface area contributed by atoms with E-state index in [-0.39, 0.29) is 12.6 Å². The largest absolute Gasteiger partial charge is 0.490 e. The molecular weight excluding hydrogens is 194 g/mol. The molecule has 0 aliphatic carbocycles. The number of aliphatic hydroxyl groups is 1. The monoisotopic (exact) mass is 209 g/mol. The minimum absolute atomic E-state index is 0.0698. The van der Waals surface area contributed by atoms with E-state index < -0.39 is 0 Å². The van der Waals surface area contributed by atoms with E-state index in [9.17, 15) is 0 Å². The second-order valence-corrected chi connectivity index (χ2v) is 3.55. The summed E-state index contributed by atoms with van der Waals surface area (Å²) in [6, 6.07) is 5.17. The van der Waals surface area contributed by atoms with E-state index in [4.69, 9.17) is 20.3 Å². The molecule has 1 aromatic rings. The van der Waals surface area contributed by atoms with Crippen molar-refractivity contribution in [2.45, 2.75) is 12.5 Å². The van der Waals surface area contributed by atoms with Crippen LogP contribution in [0.1, 0.15) is 18.0 Å². The molecular formula is C11H15NO3. The van der Waals surface area contributed by atoms with Gasteiger partial charge in [-0.2, -0.15) is 0 Å². The van der Waals surface area contributed by atoms with Gasteiger partial charge in [-0.3, -0.25) is 0 Å². The van der Waals surface area contributed by atoms with Gasteiger partial charge in [0, 0.05) is 6.42 Å². The number of hydrogen-bond acceptors (Lipinski definition) is 4. The fourth-order valence-corrected chi connectivity index (χ4v) is 1.52. The van der Waals surface area contributed by atoms with Crippen molar-refractivity contribution in [1.82, 2.24) is 0 Å². The normalized spacial score (nSPS) is 16.9. The molecule has 1 atom stereocenters. The lowest BCUT2D eigenvalue weighted by Gasteiger charge is -2.12. The lowest BCUT2D eigenvalue weighted by atomic mass is 10.1. The summed E-state index contributed by atoms with van der Waals surface area (Å²) < 4.78 is 11.0. The van der Waals surface area contributed by atoms with Crippen LogP contribution in [0.4, 0.5) is 0 Å². The molecule has 0 saturated heterocycles. The van der Waals surface area contributed by atoms with E-state index in [0.29, 0.717) is 19.0 Å². The summed E-state index contributed by atoms with van der Waals surface area (Å²) in [7, 11) is 0. The number of rotatable bonds is 2. The summed E-state index contributed by atoms with van der Waals surface area (Å²) in [6.45, 7) is 1.27. The van der Waals surface area contributed by atoms with Gasteiger partial charge in [-0.15, -0.1) is 0 Å². The molecule has 0 fully saturated rings. The van der Waals surface area contributed by atoms with Crippen LogP contribution in [0.5, 0.6) is 11.5 Å². The van der Waals surface area contributed by atoms with Crippen molar-refractivity contribution < 1.29 is 14.6 Å². The van der Waals surface area contributed by atoms with Crippen LogP contribution in [-0.4, -0.2) is 24.9 Å². The van der Waals surface area contributed by atoms with Crippen molar-refractivity contribution in [3.05, 3.63) is 23.8 Å². The van der Waals surface area contributed by atoms with Crippen LogP contribution in [0.25, 0.3) is 0 Å². The Morgan fingerprint density at radius 3 is 2.73 bits per heavy atom. The molecule has 0 spiro atoms. The predicted molar refractivity (Wildman–Crippen MR) is 56.1 cm³/mol. The number of benzene rings is 1. The first kappa shape index (κ1) is 10.3. The van der Waals surface area contributed by atoms with Crippen LogP contribution in [0.2, 0.25) is 0 Å². The molecule has 1 aromatic carbocycles. The van der Waals surface area contributed by atoms with Gasteiger partial charge < -0.3 is 20.3 Å². The van der Waals surface area contributed by atoms with Gasteiger partial charge in [0.05, 0.1) is 25.9 Å². The van der Waals surface area contributed by atoms with Crippen LogP contribution in [0, 0.1) is 0 Å². The summed E-state index contributed by atoms with van der Waals surface area (Å²) in [5.41, 5.74) is 6.58. The summed E-state index contributed by atoms with van der Waals surface area (Å²) in [5, 5.41) is 8.95. The second-order valence-electron chi connectivity index (χ2n) is 3.55. The Kier molecular flexibility index (Phi) is 3.08. The molecule has 4 nitrogen and oxygen atoms in total. The first-order valence-electron chi connectivity index (χ1n) is 5.07. The summed E-state index contributed by atoms with van der Waals surface area (Å²) in [6.07, 6.45) is 0.885. The maximum Gasteiger partial charge on any atom is 0.161 e. The summed E-state index contributed by atoms with van der Waals surface area (Å²) >= 11 is 0. The average molecular weight is 209 g/mol. The van der Waals surface area contributed by atoms with E-state index >= 15 is 0 Å². The van der Waals surface area contributed by atoms with Crippen molar-refractivity contribution in [2.75, 3.05) is 19.8 Å². The zero-order valence-corrected chi connectivity index (χ0v) is 8.48. The average Bonchev–Trinajstić information content (AvgIpc) is 2.51. The van der Waals surface area contributed by atoms with Gasteiger partial charge >= 0.3 is 0 Å². The molecule has 0 unspecified atom stereocenters. The number of nitrogens with two attached hydrogens (primary N) is 1. The smallest absolute Gasteiger partial charge is 0.161 e. The minimum atomic E-state index is -0.359. The third-order valence-corrected chi connectivity index (χ3v) is 2.40. The highest BCUT2D eigenvalue weighted by Gasteiger charge is 2.13. The van der Waals surface area contributed by atoms with Gasteiger partial charge in [-0.05, 0) is 17.7 Å². The molecule has 4 heteroatoms. The Morgan fingerprint density at radius 2 is 2.00 bits per heavy atom. The molecule has 2 rings (SSSR count). The molecule has 3 N–H and O–H groups in total. The fourth-order valence-electron chi connectivity index (χ4n) is 1.52. The maximum atomic E-state index is 8.95. The molecule has 0 amide bonds. The number of hydrogen-bond donors (Lipinski definition) is 2. The van der Waals surface area contributed by atoms with Crippen LogP contribution in [0.15, 0.2) is 18.2 Å². The summed E-state index contributed by atoms with van der Waals surface area (Å²) in [4.78, 5) is 0. The van der Waals surface area contributed by atoms with Crippen LogP contribution < -0.4 is 15.2 Å². The van der Waals surface area contributed by atoms with E-state index in [0.717, 1.165) is 17.7 Å². The molecule has 82 valence electrons. The van der Waals surface area contributed by atoms with Crippen molar-refractivity contribution in [2.24, 2.45) is 5.73 Å². The van der Waals surface area contributed by atoms with Crippen molar-refractivity contribution >= 4 is 0 Å². The topological polar surface area (TPSA) is 64.7 Å². The van der Waals surface area contributed by atoms with E-state index in [2.05, 4.69) is 0 Å². The molecule has 0 saturated carbocycles. The first-order valence-corrected chi connectivity index (χ1v) is 5.07. The maximum absolute atomic E-state index is 8.95. The molecule has 0 aromatic heterocycles. The number of aliphatic hydroxyl groups excluding tert-OH is 1. The van der Waals surface area contributed by atoms with Crippen LogP contribution in [-0.2, 0) is 0 Å². The van der Waals surface area contributed by atoms with Crippen molar-refractivity contribution in [3.8, 4) is 11.5 Å². The third kappa shape index (κ3) is 2.22. The standard InChI is InChI=1S/C11H15NO3/c12-9(7-13)8-2-3-10-11(6-8)15-5-1-4-14-10/h2-3,6,9,13H,1,4-5,7,12H2/t9-/m1/s1. The SMILES string of the molecule is N[C@H](CO)c1ccc2c(c1)OCCCO2. The molecule has 1 aliphatic heterocycles. The van der Waals surface area contributed by atoms with Gasteiger partial charge in [-0.1, -0.05) is 6.07 Å². The zero-order chi connectivity index (χ0) is 10.7. The highest BCUT2D eigenvalue weighted by molar-refractivity contribution is 5.44. The minimum Gasteiger partial charge on any atom is -0.490 e. The van der Waals surface area contributed by atoms with E-state index in [1.165, 1.54) is 0 Å². The molecule has 15 heavy (non-hydrogen) atoms. The van der Waals surface area contributed by atoms with Crippen LogP contribution in [0.3, 0.4) is 0 Å². The van der Waals surface area contributed by atoms with E-state index in [1.807, 2.05) is 18.2 Å². The number of fused-ring (bicyclic) bond motifs is 1. The van der Waals surface area contributed by atoms with Gasteiger partial charge in [-0.25, -0.2) is 0 Å². The Balaban J connectivity index is 2.27. The van der Waals surface area contributed by atoms with Gasteiger partial charge in [0.15, 0.2) is 11.5 Å². The van der Waals surface area contributed by atoms with Gasteiger partial charge in [0.25, 0.3) is 0 Å². The molecule has 1 heterocycles. The number of ether oxygens (including phenoxy) is 2. The first-order chi connectivity index (χ1) is 7.31. The Hall–Kier alpha value is -1.26. The van der Waals surface area contributed by atoms with Gasteiger partial charge in [0.1, 0.15) is 0 Å². The highest BCUT2D eigenvalue weighted by Crippen LogP contribution is 2.31. The third-order valence-electron chi connectivity index (χ3n) is 2.40. The Morgan fingerprint density at radius 1 is 1.27 bits per heavy atom. The van der Waals surface area contributed by atoms with Gasteiger partial charge in [0.2, 0.25) is 0 Å². The lowest BCUT2D eigenvalue weighted by molar-refractivity contribution is 0.267. The molecule has 0 radical (unpaired) electrons. The van der Waals surface area contributed by atoms with Crippen LogP contribution >= 0.6 is 0 Å². The molecule has 1 aliphatic rings. The molecule has 0 bridgehead atoms. The van der Waals surface area contributed by atoms with E-state index in [1.54, 1.807) is 0 Å². The second kappa shape index (κ2) is 4.51.